The first-order valence-corrected chi connectivity index (χ1v) is 7.88. The molecule has 1 atom stereocenters. The molecule has 130 valence electrons. The van der Waals surface area contributed by atoms with E-state index < -0.39 is 18.0 Å². The minimum absolute atomic E-state index is 0.207. The van der Waals surface area contributed by atoms with Gasteiger partial charge in [0.1, 0.15) is 0 Å². The number of esters is 1. The molecule has 0 aromatic heterocycles. The summed E-state index contributed by atoms with van der Waals surface area (Å²) < 4.78 is 5.15. The van der Waals surface area contributed by atoms with E-state index in [-0.39, 0.29) is 11.5 Å². The van der Waals surface area contributed by atoms with Gasteiger partial charge in [-0.3, -0.25) is 9.59 Å². The van der Waals surface area contributed by atoms with E-state index in [1.165, 1.54) is 26.0 Å². The highest BCUT2D eigenvalue weighted by Gasteiger charge is 2.19. The van der Waals surface area contributed by atoms with Crippen LogP contribution >= 0.6 is 11.6 Å². The number of ether oxygens (including phenoxy) is 1. The standard InChI is InChI=1S/C18H17ClN2O4/c1-11(17(23)21-16-5-3-4-14(19)10-16)25-18(24)13-6-8-15(9-7-13)20-12(2)22/h3-11H,1-2H3,(H,20,22)(H,21,23)/t11-/m0/s1. The highest BCUT2D eigenvalue weighted by Crippen LogP contribution is 2.16. The summed E-state index contributed by atoms with van der Waals surface area (Å²) in [6.45, 7) is 2.87. The number of hydrogen-bond acceptors (Lipinski definition) is 4. The van der Waals surface area contributed by atoms with Gasteiger partial charge in [0.25, 0.3) is 5.91 Å². The first-order chi connectivity index (χ1) is 11.8. The lowest BCUT2D eigenvalue weighted by Gasteiger charge is -2.14. The van der Waals surface area contributed by atoms with Crippen molar-refractivity contribution in [1.82, 2.24) is 0 Å². The summed E-state index contributed by atoms with van der Waals surface area (Å²) in [4.78, 5) is 35.1. The van der Waals surface area contributed by atoms with Crippen LogP contribution in [0.2, 0.25) is 5.02 Å². The van der Waals surface area contributed by atoms with Crippen molar-refractivity contribution in [1.29, 1.82) is 0 Å². The molecule has 2 amide bonds. The third-order valence-corrected chi connectivity index (χ3v) is 3.42. The molecule has 6 nitrogen and oxygen atoms in total. The fourth-order valence-electron chi connectivity index (χ4n) is 1.99. The molecule has 0 spiro atoms. The Hall–Kier alpha value is -2.86. The summed E-state index contributed by atoms with van der Waals surface area (Å²) >= 11 is 5.85. The van der Waals surface area contributed by atoms with E-state index in [9.17, 15) is 14.4 Å². The van der Waals surface area contributed by atoms with Crippen LogP contribution in [0, 0.1) is 0 Å². The van der Waals surface area contributed by atoms with Gasteiger partial charge in [-0.25, -0.2) is 4.79 Å². The zero-order valence-corrected chi connectivity index (χ0v) is 14.5. The van der Waals surface area contributed by atoms with Crippen LogP contribution in [0.3, 0.4) is 0 Å². The number of rotatable bonds is 5. The fourth-order valence-corrected chi connectivity index (χ4v) is 2.18. The maximum atomic E-state index is 12.1. The van der Waals surface area contributed by atoms with Gasteiger partial charge in [-0.15, -0.1) is 0 Å². The maximum Gasteiger partial charge on any atom is 0.338 e. The van der Waals surface area contributed by atoms with Gasteiger partial charge in [0, 0.05) is 23.3 Å². The van der Waals surface area contributed by atoms with Gasteiger partial charge < -0.3 is 15.4 Å². The van der Waals surface area contributed by atoms with Gasteiger partial charge in [-0.1, -0.05) is 17.7 Å². The second kappa shape index (κ2) is 8.30. The highest BCUT2D eigenvalue weighted by atomic mass is 35.5. The quantitative estimate of drug-likeness (QED) is 0.799. The van der Waals surface area contributed by atoms with Gasteiger partial charge in [0.05, 0.1) is 5.56 Å². The molecule has 7 heteroatoms. The minimum Gasteiger partial charge on any atom is -0.449 e. The van der Waals surface area contributed by atoms with Gasteiger partial charge in [0.15, 0.2) is 6.10 Å². The second-order valence-electron chi connectivity index (χ2n) is 5.31. The summed E-state index contributed by atoms with van der Waals surface area (Å²) in [6.07, 6.45) is -0.985. The van der Waals surface area contributed by atoms with Crippen LogP contribution < -0.4 is 10.6 Å². The molecule has 2 aromatic carbocycles. The zero-order valence-electron chi connectivity index (χ0n) is 13.7. The molecule has 0 aliphatic heterocycles. The van der Waals surface area contributed by atoms with Gasteiger partial charge in [-0.2, -0.15) is 0 Å². The lowest BCUT2D eigenvalue weighted by molar-refractivity contribution is -0.123. The van der Waals surface area contributed by atoms with Crippen LogP contribution in [0.15, 0.2) is 48.5 Å². The number of benzene rings is 2. The monoisotopic (exact) mass is 360 g/mol. The maximum absolute atomic E-state index is 12.1. The lowest BCUT2D eigenvalue weighted by Crippen LogP contribution is -2.30. The highest BCUT2D eigenvalue weighted by molar-refractivity contribution is 6.30. The van der Waals surface area contributed by atoms with Gasteiger partial charge in [0.2, 0.25) is 5.91 Å². The molecular weight excluding hydrogens is 344 g/mol. The summed E-state index contributed by atoms with van der Waals surface area (Å²) in [7, 11) is 0. The number of anilines is 2. The smallest absolute Gasteiger partial charge is 0.338 e. The molecule has 0 aliphatic rings. The van der Waals surface area contributed by atoms with Crippen molar-refractivity contribution in [2.75, 3.05) is 10.6 Å². The zero-order chi connectivity index (χ0) is 18.4. The third-order valence-electron chi connectivity index (χ3n) is 3.19. The molecular formula is C18H17ClN2O4. The van der Waals surface area contributed by atoms with Crippen molar-refractivity contribution in [2.24, 2.45) is 0 Å². The minimum atomic E-state index is -0.985. The molecule has 0 aliphatic carbocycles. The molecule has 0 unspecified atom stereocenters. The fraction of sp³-hybridized carbons (Fsp3) is 0.167. The Morgan fingerprint density at radius 1 is 1.00 bits per heavy atom. The molecule has 0 saturated heterocycles. The molecule has 0 saturated carbocycles. The van der Waals surface area contributed by atoms with E-state index >= 15 is 0 Å². The predicted octanol–water partition coefficient (Wildman–Crippen LogP) is 3.48. The van der Waals surface area contributed by atoms with E-state index in [4.69, 9.17) is 16.3 Å². The van der Waals surface area contributed by atoms with Crippen LogP contribution in [0.25, 0.3) is 0 Å². The van der Waals surface area contributed by atoms with E-state index in [1.54, 1.807) is 36.4 Å². The first-order valence-electron chi connectivity index (χ1n) is 7.50. The normalized spacial score (nSPS) is 11.3. The molecule has 0 bridgehead atoms. The Labute approximate surface area is 150 Å². The average Bonchev–Trinajstić information content (AvgIpc) is 2.54. The number of hydrogen-bond donors (Lipinski definition) is 2. The van der Waals surface area contributed by atoms with Crippen LogP contribution in [-0.2, 0) is 14.3 Å². The molecule has 0 radical (unpaired) electrons. The van der Waals surface area contributed by atoms with Crippen molar-refractivity contribution < 1.29 is 19.1 Å². The first kappa shape index (κ1) is 18.5. The SMILES string of the molecule is CC(=O)Nc1ccc(C(=O)O[C@@H](C)C(=O)Nc2cccc(Cl)c2)cc1. The van der Waals surface area contributed by atoms with Crippen molar-refractivity contribution in [2.45, 2.75) is 20.0 Å². The average molecular weight is 361 g/mol. The van der Waals surface area contributed by atoms with Crippen LogP contribution in [0.4, 0.5) is 11.4 Å². The summed E-state index contributed by atoms with van der Waals surface area (Å²) in [5.41, 5.74) is 1.35. The number of halogens is 1. The Balaban J connectivity index is 1.94. The third kappa shape index (κ3) is 5.61. The Morgan fingerprint density at radius 2 is 1.68 bits per heavy atom. The van der Waals surface area contributed by atoms with E-state index in [0.29, 0.717) is 16.4 Å². The number of amides is 2. The Morgan fingerprint density at radius 3 is 2.28 bits per heavy atom. The predicted molar refractivity (Wildman–Crippen MR) is 95.7 cm³/mol. The molecule has 2 N–H and O–H groups in total. The van der Waals surface area contributed by atoms with Crippen molar-refractivity contribution in [3.63, 3.8) is 0 Å². The summed E-state index contributed by atoms with van der Waals surface area (Å²) in [5, 5.41) is 5.71. The van der Waals surface area contributed by atoms with E-state index in [0.717, 1.165) is 0 Å². The van der Waals surface area contributed by atoms with Gasteiger partial charge in [-0.05, 0) is 49.4 Å². The van der Waals surface area contributed by atoms with E-state index in [2.05, 4.69) is 10.6 Å². The van der Waals surface area contributed by atoms with Crippen LogP contribution in [-0.4, -0.2) is 23.9 Å². The van der Waals surface area contributed by atoms with Crippen molar-refractivity contribution >= 4 is 40.8 Å². The van der Waals surface area contributed by atoms with Crippen LogP contribution in [0.5, 0.6) is 0 Å². The Bertz CT molecular complexity index is 790. The van der Waals surface area contributed by atoms with Crippen molar-refractivity contribution in [3.05, 3.63) is 59.1 Å². The molecule has 0 heterocycles. The number of carbonyl (C=O) groups is 3. The molecule has 2 rings (SSSR count). The summed E-state index contributed by atoms with van der Waals surface area (Å²) in [5.74, 6) is -1.31. The topological polar surface area (TPSA) is 84.5 Å². The van der Waals surface area contributed by atoms with Crippen LogP contribution in [0.1, 0.15) is 24.2 Å². The van der Waals surface area contributed by atoms with Gasteiger partial charge >= 0.3 is 5.97 Å². The molecule has 2 aromatic rings. The molecule has 25 heavy (non-hydrogen) atoms. The molecule has 0 fully saturated rings. The largest absolute Gasteiger partial charge is 0.449 e. The second-order valence-corrected chi connectivity index (χ2v) is 5.74. The Kier molecular flexibility index (Phi) is 6.14. The number of carbonyl (C=O) groups excluding carboxylic acids is 3. The van der Waals surface area contributed by atoms with E-state index in [1.807, 2.05) is 0 Å². The number of nitrogens with one attached hydrogen (secondary N) is 2. The summed E-state index contributed by atoms with van der Waals surface area (Å²) in [6, 6.07) is 12.8. The van der Waals surface area contributed by atoms with Crippen molar-refractivity contribution in [3.8, 4) is 0 Å². The lowest BCUT2D eigenvalue weighted by atomic mass is 10.2.